The van der Waals surface area contributed by atoms with Crippen molar-refractivity contribution in [3.05, 3.63) is 86.9 Å². The molecule has 30 heavy (non-hydrogen) atoms. The van der Waals surface area contributed by atoms with E-state index in [2.05, 4.69) is 31.5 Å². The van der Waals surface area contributed by atoms with Gasteiger partial charge in [0.05, 0.1) is 10.6 Å². The van der Waals surface area contributed by atoms with E-state index in [0.29, 0.717) is 9.35 Å². The minimum atomic E-state index is -0.887. The molecule has 0 fully saturated rings. The average Bonchev–Trinajstić information content (AvgIpc) is 3.40. The first kappa shape index (κ1) is 20.3. The summed E-state index contributed by atoms with van der Waals surface area (Å²) in [6.07, 6.45) is 2.08. The molecule has 5 nitrogen and oxygen atoms in total. The van der Waals surface area contributed by atoms with E-state index in [0.717, 1.165) is 16.5 Å². The number of para-hydroxylation sites is 1. The van der Waals surface area contributed by atoms with Crippen molar-refractivity contribution in [2.45, 2.75) is 12.5 Å². The number of H-pyrrole nitrogens is 1. The van der Waals surface area contributed by atoms with Crippen LogP contribution in [0.2, 0.25) is 0 Å². The van der Waals surface area contributed by atoms with Crippen LogP contribution >= 0.6 is 27.3 Å². The lowest BCUT2D eigenvalue weighted by Crippen LogP contribution is -2.45. The number of thiophene rings is 1. The first-order chi connectivity index (χ1) is 14.5. The smallest absolute Gasteiger partial charge is 0.262 e. The Bertz CT molecular complexity index is 1210. The van der Waals surface area contributed by atoms with E-state index in [4.69, 9.17) is 0 Å². The predicted molar refractivity (Wildman–Crippen MR) is 120 cm³/mol. The van der Waals surface area contributed by atoms with Crippen LogP contribution in [0.4, 0.5) is 10.1 Å². The Kier molecular flexibility index (Phi) is 5.96. The van der Waals surface area contributed by atoms with Crippen molar-refractivity contribution in [1.82, 2.24) is 10.3 Å². The van der Waals surface area contributed by atoms with Crippen LogP contribution in [0.15, 0.2) is 70.6 Å². The summed E-state index contributed by atoms with van der Waals surface area (Å²) in [5.41, 5.74) is 1.88. The van der Waals surface area contributed by atoms with Gasteiger partial charge in [0.15, 0.2) is 0 Å². The van der Waals surface area contributed by atoms with Crippen LogP contribution in [-0.4, -0.2) is 22.8 Å². The lowest BCUT2D eigenvalue weighted by molar-refractivity contribution is -0.118. The molecule has 0 saturated heterocycles. The van der Waals surface area contributed by atoms with Crippen LogP contribution in [0.1, 0.15) is 15.2 Å². The quantitative estimate of drug-likeness (QED) is 0.355. The number of fused-ring (bicyclic) bond motifs is 1. The molecule has 8 heteroatoms. The molecule has 4 rings (SSSR count). The van der Waals surface area contributed by atoms with Crippen LogP contribution in [0, 0.1) is 5.82 Å². The van der Waals surface area contributed by atoms with Crippen molar-refractivity contribution in [1.29, 1.82) is 0 Å². The van der Waals surface area contributed by atoms with Gasteiger partial charge in [0.25, 0.3) is 5.91 Å². The number of amides is 2. The number of hydrogen-bond donors (Lipinski definition) is 3. The largest absolute Gasteiger partial charge is 0.361 e. The SMILES string of the molecule is O=C(N[C@@H](Cc1c[nH]c2ccccc12)C(=O)Nc1ccc(Br)cc1F)c1cccs1. The number of hydrogen-bond acceptors (Lipinski definition) is 3. The molecule has 4 aromatic rings. The number of halogens is 2. The van der Waals surface area contributed by atoms with Gasteiger partial charge in [0, 0.05) is 28.0 Å². The molecular formula is C22H17BrFN3O2S. The minimum absolute atomic E-state index is 0.0532. The molecule has 2 aromatic heterocycles. The maximum absolute atomic E-state index is 14.2. The van der Waals surface area contributed by atoms with E-state index in [1.54, 1.807) is 23.6 Å². The molecule has 0 aliphatic heterocycles. The average molecular weight is 486 g/mol. The Morgan fingerprint density at radius 3 is 2.73 bits per heavy atom. The van der Waals surface area contributed by atoms with E-state index >= 15 is 0 Å². The molecule has 0 unspecified atom stereocenters. The second-order valence-corrected chi connectivity index (χ2v) is 8.54. The summed E-state index contributed by atoms with van der Waals surface area (Å²) in [5.74, 6) is -1.40. The van der Waals surface area contributed by atoms with Crippen molar-refractivity contribution in [2.75, 3.05) is 5.32 Å². The first-order valence-corrected chi connectivity index (χ1v) is 10.8. The Balaban J connectivity index is 1.60. The van der Waals surface area contributed by atoms with Crippen LogP contribution in [0.25, 0.3) is 10.9 Å². The molecular weight excluding hydrogens is 469 g/mol. The molecule has 2 aromatic carbocycles. The van der Waals surface area contributed by atoms with Gasteiger partial charge in [0.2, 0.25) is 5.91 Å². The van der Waals surface area contributed by atoms with Gasteiger partial charge in [-0.3, -0.25) is 9.59 Å². The Morgan fingerprint density at radius 1 is 1.13 bits per heavy atom. The maximum Gasteiger partial charge on any atom is 0.262 e. The van der Waals surface area contributed by atoms with E-state index in [1.807, 2.05) is 30.5 Å². The third-order valence-electron chi connectivity index (χ3n) is 4.65. The van der Waals surface area contributed by atoms with Crippen LogP contribution in [-0.2, 0) is 11.2 Å². The highest BCUT2D eigenvalue weighted by atomic mass is 79.9. The number of anilines is 1. The fourth-order valence-electron chi connectivity index (χ4n) is 3.18. The van der Waals surface area contributed by atoms with Crippen molar-refractivity contribution in [3.63, 3.8) is 0 Å². The lowest BCUT2D eigenvalue weighted by atomic mass is 10.0. The fraction of sp³-hybridized carbons (Fsp3) is 0.0909. The summed E-state index contributed by atoms with van der Waals surface area (Å²) in [6.45, 7) is 0. The molecule has 152 valence electrons. The lowest BCUT2D eigenvalue weighted by Gasteiger charge is -2.18. The highest BCUT2D eigenvalue weighted by molar-refractivity contribution is 9.10. The molecule has 0 bridgehead atoms. The highest BCUT2D eigenvalue weighted by Gasteiger charge is 2.24. The molecule has 0 saturated carbocycles. The van der Waals surface area contributed by atoms with E-state index < -0.39 is 17.8 Å². The number of rotatable bonds is 6. The third kappa shape index (κ3) is 4.44. The van der Waals surface area contributed by atoms with Crippen molar-refractivity contribution in [2.24, 2.45) is 0 Å². The highest BCUT2D eigenvalue weighted by Crippen LogP contribution is 2.22. The van der Waals surface area contributed by atoms with E-state index in [1.165, 1.54) is 23.5 Å². The Labute approximate surface area is 184 Å². The Hall–Kier alpha value is -2.97. The van der Waals surface area contributed by atoms with Crippen LogP contribution in [0.5, 0.6) is 0 Å². The zero-order valence-electron chi connectivity index (χ0n) is 15.6. The third-order valence-corrected chi connectivity index (χ3v) is 6.02. The predicted octanol–water partition coefficient (Wildman–Crippen LogP) is 5.11. The van der Waals surface area contributed by atoms with Gasteiger partial charge >= 0.3 is 0 Å². The van der Waals surface area contributed by atoms with E-state index in [9.17, 15) is 14.0 Å². The van der Waals surface area contributed by atoms with Gasteiger partial charge in [-0.25, -0.2) is 4.39 Å². The second kappa shape index (κ2) is 8.81. The molecule has 0 radical (unpaired) electrons. The summed E-state index contributed by atoms with van der Waals surface area (Å²) in [7, 11) is 0. The molecule has 0 aliphatic rings. The van der Waals surface area contributed by atoms with Gasteiger partial charge in [-0.2, -0.15) is 0 Å². The van der Waals surface area contributed by atoms with Crippen molar-refractivity contribution < 1.29 is 14.0 Å². The molecule has 2 amide bonds. The molecule has 0 spiro atoms. The number of nitrogens with one attached hydrogen (secondary N) is 3. The summed E-state index contributed by atoms with van der Waals surface area (Å²) in [5, 5.41) is 8.14. The summed E-state index contributed by atoms with van der Waals surface area (Å²) < 4.78 is 14.8. The standard InChI is InChI=1S/C22H17BrFN3O2S/c23-14-7-8-18(16(24)11-14)26-21(28)19(27-22(29)20-6-3-9-30-20)10-13-12-25-17-5-2-1-4-15(13)17/h1-9,11-12,19,25H,10H2,(H,26,28)(H,27,29)/t19-/m0/s1. The monoisotopic (exact) mass is 485 g/mol. The zero-order valence-corrected chi connectivity index (χ0v) is 18.0. The van der Waals surface area contributed by atoms with Gasteiger partial charge < -0.3 is 15.6 Å². The van der Waals surface area contributed by atoms with Gasteiger partial charge in [-0.15, -0.1) is 11.3 Å². The number of aromatic nitrogens is 1. The molecule has 0 aliphatic carbocycles. The van der Waals surface area contributed by atoms with E-state index in [-0.39, 0.29) is 18.0 Å². The number of benzene rings is 2. The normalized spacial score (nSPS) is 11.9. The van der Waals surface area contributed by atoms with Crippen LogP contribution in [0.3, 0.4) is 0 Å². The summed E-state index contributed by atoms with van der Waals surface area (Å²) >= 11 is 4.49. The number of carbonyl (C=O) groups is 2. The molecule has 3 N–H and O–H groups in total. The Morgan fingerprint density at radius 2 is 1.97 bits per heavy atom. The van der Waals surface area contributed by atoms with Crippen LogP contribution < -0.4 is 10.6 Å². The summed E-state index contributed by atoms with van der Waals surface area (Å²) in [6, 6.07) is 14.7. The van der Waals surface area contributed by atoms with Gasteiger partial charge in [-0.1, -0.05) is 40.2 Å². The van der Waals surface area contributed by atoms with Gasteiger partial charge in [-0.05, 0) is 41.3 Å². The summed E-state index contributed by atoms with van der Waals surface area (Å²) in [4.78, 5) is 29.3. The van der Waals surface area contributed by atoms with Crippen molar-refractivity contribution in [3.8, 4) is 0 Å². The molecule has 1 atom stereocenters. The second-order valence-electron chi connectivity index (χ2n) is 6.68. The zero-order chi connectivity index (χ0) is 21.1. The fourth-order valence-corrected chi connectivity index (χ4v) is 4.14. The van der Waals surface area contributed by atoms with Crippen molar-refractivity contribution >= 4 is 55.7 Å². The topological polar surface area (TPSA) is 74.0 Å². The minimum Gasteiger partial charge on any atom is -0.361 e. The molecule has 2 heterocycles. The number of carbonyl (C=O) groups excluding carboxylic acids is 2. The number of aromatic amines is 1. The van der Waals surface area contributed by atoms with Gasteiger partial charge in [0.1, 0.15) is 11.9 Å². The first-order valence-electron chi connectivity index (χ1n) is 9.16. The maximum atomic E-state index is 14.2.